The zero-order valence-corrected chi connectivity index (χ0v) is 14.0. The number of hydrogen-bond donors (Lipinski definition) is 0. The standard InChI is InChI=1S/C11H10N3O.C2H6.Y/c1-8-3-4-10(12-6-8)14-11(15)5-9(2)7-13-14;1-2;/h4-7H,1-2H3;1-2H3;/q-1;;. The number of aryl methyl sites for hydroxylation is 2. The maximum atomic E-state index is 11.6. The monoisotopic (exact) mass is 319 g/mol. The van der Waals surface area contributed by atoms with Crippen LogP contribution in [0.5, 0.6) is 0 Å². The van der Waals surface area contributed by atoms with Crippen LogP contribution in [0.15, 0.2) is 29.3 Å². The van der Waals surface area contributed by atoms with Crippen LogP contribution in [0.2, 0.25) is 0 Å². The number of hydrogen-bond acceptors (Lipinski definition) is 3. The van der Waals surface area contributed by atoms with Crippen LogP contribution in [0, 0.1) is 19.9 Å². The van der Waals surface area contributed by atoms with Crippen LogP contribution in [0.3, 0.4) is 0 Å². The molecule has 4 nitrogen and oxygen atoms in total. The molecule has 2 aromatic rings. The molecule has 0 aliphatic rings. The molecule has 0 N–H and O–H groups in total. The molecule has 5 heteroatoms. The fraction of sp³-hybridized carbons (Fsp3) is 0.308. The molecule has 0 aliphatic heterocycles. The summed E-state index contributed by atoms with van der Waals surface area (Å²) in [5, 5.41) is 4.00. The molecule has 0 amide bonds. The maximum absolute atomic E-state index is 11.6. The SMILES string of the molecule is CC.Cc1[c-]cc(-n2ncc(C)cc2=O)nc1.[Y]. The van der Waals surface area contributed by atoms with Gasteiger partial charge in [0.15, 0.2) is 0 Å². The Morgan fingerprint density at radius 1 is 1.22 bits per heavy atom. The molecule has 2 heterocycles. The molecule has 2 aromatic heterocycles. The number of pyridine rings is 1. The number of aromatic nitrogens is 3. The summed E-state index contributed by atoms with van der Waals surface area (Å²) >= 11 is 0. The molecule has 93 valence electrons. The van der Waals surface area contributed by atoms with Crippen LogP contribution in [0.1, 0.15) is 25.0 Å². The smallest absolute Gasteiger partial charge is 0.261 e. The van der Waals surface area contributed by atoms with E-state index >= 15 is 0 Å². The average molecular weight is 319 g/mol. The van der Waals surface area contributed by atoms with Crippen LogP contribution in [0.4, 0.5) is 0 Å². The summed E-state index contributed by atoms with van der Waals surface area (Å²) < 4.78 is 1.25. The first-order chi connectivity index (χ1) is 8.16. The summed E-state index contributed by atoms with van der Waals surface area (Å²) in [5.74, 6) is 0.491. The molecule has 0 aliphatic carbocycles. The van der Waals surface area contributed by atoms with Gasteiger partial charge < -0.3 is 4.98 Å². The van der Waals surface area contributed by atoms with Gasteiger partial charge in [-0.25, -0.2) is 4.68 Å². The van der Waals surface area contributed by atoms with Crippen LogP contribution in [0.25, 0.3) is 5.82 Å². The Labute approximate surface area is 132 Å². The Balaban J connectivity index is 0.000000917. The molecule has 0 aromatic carbocycles. The minimum atomic E-state index is -0.181. The van der Waals surface area contributed by atoms with Crippen LogP contribution >= 0.6 is 0 Å². The molecule has 2 rings (SSSR count). The van der Waals surface area contributed by atoms with E-state index < -0.39 is 0 Å². The second kappa shape index (κ2) is 8.27. The quantitative estimate of drug-likeness (QED) is 0.756. The van der Waals surface area contributed by atoms with Crippen LogP contribution < -0.4 is 5.56 Å². The summed E-state index contributed by atoms with van der Waals surface area (Å²) in [5.41, 5.74) is 1.59. The van der Waals surface area contributed by atoms with Gasteiger partial charge in [-0.15, -0.1) is 11.6 Å². The molecule has 0 saturated carbocycles. The fourth-order valence-electron chi connectivity index (χ4n) is 1.20. The Morgan fingerprint density at radius 3 is 2.39 bits per heavy atom. The fourth-order valence-corrected chi connectivity index (χ4v) is 1.20. The van der Waals surface area contributed by atoms with E-state index in [0.29, 0.717) is 5.82 Å². The minimum Gasteiger partial charge on any atom is -0.366 e. The van der Waals surface area contributed by atoms with E-state index in [2.05, 4.69) is 16.1 Å². The second-order valence-corrected chi connectivity index (χ2v) is 3.37. The topological polar surface area (TPSA) is 47.8 Å². The number of rotatable bonds is 1. The molecular formula is C13H16N3OY-. The van der Waals surface area contributed by atoms with Gasteiger partial charge in [-0.3, -0.25) is 4.79 Å². The molecular weight excluding hydrogens is 303 g/mol. The van der Waals surface area contributed by atoms with E-state index in [0.717, 1.165) is 11.1 Å². The minimum absolute atomic E-state index is 0. The Bertz CT molecular complexity index is 535. The normalized spacial score (nSPS) is 8.89. The largest absolute Gasteiger partial charge is 0.366 e. The van der Waals surface area contributed by atoms with Gasteiger partial charge in [0.05, 0.1) is 0 Å². The third-order valence-electron chi connectivity index (χ3n) is 1.97. The molecule has 18 heavy (non-hydrogen) atoms. The van der Waals surface area contributed by atoms with E-state index in [1.165, 1.54) is 10.7 Å². The van der Waals surface area contributed by atoms with Crippen molar-refractivity contribution in [1.82, 2.24) is 14.8 Å². The Kier molecular flexibility index (Phi) is 7.88. The van der Waals surface area contributed by atoms with Gasteiger partial charge in [-0.05, 0) is 12.5 Å². The van der Waals surface area contributed by atoms with Crippen molar-refractivity contribution in [2.45, 2.75) is 27.7 Å². The predicted molar refractivity (Wildman–Crippen MR) is 67.3 cm³/mol. The summed E-state index contributed by atoms with van der Waals surface area (Å²) in [6, 6.07) is 6.15. The summed E-state index contributed by atoms with van der Waals surface area (Å²) in [6.45, 7) is 7.72. The molecule has 0 atom stereocenters. The molecule has 1 radical (unpaired) electrons. The predicted octanol–water partition coefficient (Wildman–Crippen LogP) is 2.07. The molecule has 0 bridgehead atoms. The average Bonchev–Trinajstić information content (AvgIpc) is 2.33. The Hall–Kier alpha value is -0.866. The van der Waals surface area contributed by atoms with Crippen molar-refractivity contribution in [2.24, 2.45) is 0 Å². The first-order valence-corrected chi connectivity index (χ1v) is 5.57. The third kappa shape index (κ3) is 4.43. The van der Waals surface area contributed by atoms with Crippen molar-refractivity contribution < 1.29 is 32.7 Å². The molecule has 0 unspecified atom stereocenters. The second-order valence-electron chi connectivity index (χ2n) is 3.37. The van der Waals surface area contributed by atoms with E-state index in [9.17, 15) is 4.79 Å². The maximum Gasteiger partial charge on any atom is 0.261 e. The van der Waals surface area contributed by atoms with Crippen molar-refractivity contribution in [3.63, 3.8) is 0 Å². The van der Waals surface area contributed by atoms with Crippen molar-refractivity contribution >= 4 is 0 Å². The van der Waals surface area contributed by atoms with Gasteiger partial charge in [0.25, 0.3) is 5.56 Å². The van der Waals surface area contributed by atoms with E-state index in [1.54, 1.807) is 18.5 Å². The third-order valence-corrected chi connectivity index (χ3v) is 1.97. The Morgan fingerprint density at radius 2 is 1.89 bits per heavy atom. The molecule has 0 fully saturated rings. The van der Waals surface area contributed by atoms with Crippen molar-refractivity contribution in [1.29, 1.82) is 0 Å². The van der Waals surface area contributed by atoms with Gasteiger partial charge in [-0.1, -0.05) is 27.0 Å². The van der Waals surface area contributed by atoms with Crippen LogP contribution in [-0.4, -0.2) is 14.8 Å². The summed E-state index contributed by atoms with van der Waals surface area (Å²) in [6.07, 6.45) is 3.28. The van der Waals surface area contributed by atoms with E-state index in [-0.39, 0.29) is 38.3 Å². The number of nitrogens with zero attached hydrogens (tertiary/aromatic N) is 3. The van der Waals surface area contributed by atoms with Crippen molar-refractivity contribution in [2.75, 3.05) is 0 Å². The van der Waals surface area contributed by atoms with Gasteiger partial charge in [0, 0.05) is 50.8 Å². The first kappa shape index (κ1) is 17.1. The van der Waals surface area contributed by atoms with Gasteiger partial charge in [0.1, 0.15) is 0 Å². The van der Waals surface area contributed by atoms with E-state index in [4.69, 9.17) is 0 Å². The summed E-state index contributed by atoms with van der Waals surface area (Å²) in [7, 11) is 0. The zero-order chi connectivity index (χ0) is 12.8. The van der Waals surface area contributed by atoms with Crippen molar-refractivity contribution in [3.8, 4) is 5.82 Å². The zero-order valence-electron chi connectivity index (χ0n) is 11.1. The molecule has 0 spiro atoms. The van der Waals surface area contributed by atoms with Crippen molar-refractivity contribution in [3.05, 3.63) is 52.1 Å². The van der Waals surface area contributed by atoms with Gasteiger partial charge >= 0.3 is 0 Å². The summed E-state index contributed by atoms with van der Waals surface area (Å²) in [4.78, 5) is 15.7. The van der Waals surface area contributed by atoms with Crippen LogP contribution in [-0.2, 0) is 32.7 Å². The van der Waals surface area contributed by atoms with E-state index in [1.807, 2.05) is 27.7 Å². The molecule has 0 saturated heterocycles. The van der Waals surface area contributed by atoms with Gasteiger partial charge in [-0.2, -0.15) is 11.2 Å². The first-order valence-electron chi connectivity index (χ1n) is 5.57. The van der Waals surface area contributed by atoms with Gasteiger partial charge in [0.2, 0.25) is 0 Å².